The molecule has 0 atom stereocenters. The fourth-order valence-corrected chi connectivity index (χ4v) is 1.45. The van der Waals surface area contributed by atoms with Gasteiger partial charge in [0.15, 0.2) is 0 Å². The van der Waals surface area contributed by atoms with Crippen molar-refractivity contribution in [1.82, 2.24) is 5.32 Å². The van der Waals surface area contributed by atoms with E-state index in [0.717, 1.165) is 0 Å². The zero-order chi connectivity index (χ0) is 12.1. The number of amides is 1. The predicted octanol–water partition coefficient (Wildman–Crippen LogP) is 1.31. The van der Waals surface area contributed by atoms with E-state index in [2.05, 4.69) is 26.6 Å². The molecule has 86 valence electrons. The highest BCUT2D eigenvalue weighted by atomic mass is 79.9. The van der Waals surface area contributed by atoms with Gasteiger partial charge in [-0.3, -0.25) is 4.79 Å². The molecule has 0 aliphatic rings. The maximum Gasteiger partial charge on any atom is 0.335 e. The molecule has 6 heteroatoms. The van der Waals surface area contributed by atoms with Crippen molar-refractivity contribution >= 4 is 33.5 Å². The van der Waals surface area contributed by atoms with Crippen LogP contribution in [-0.2, 0) is 4.79 Å². The number of hydrogen-bond acceptors (Lipinski definition) is 3. The van der Waals surface area contributed by atoms with Crippen molar-refractivity contribution in [1.29, 1.82) is 0 Å². The molecule has 0 unspecified atom stereocenters. The number of halogens is 1. The van der Waals surface area contributed by atoms with E-state index in [1.807, 2.05) is 0 Å². The number of carboxylic acids is 1. The first kappa shape index (κ1) is 12.7. The van der Waals surface area contributed by atoms with Crippen LogP contribution in [-0.4, -0.2) is 30.6 Å². The molecule has 1 aromatic rings. The number of anilines is 1. The highest BCUT2D eigenvalue weighted by Gasteiger charge is 2.09. The Morgan fingerprint density at radius 1 is 1.44 bits per heavy atom. The number of carbonyl (C=O) groups is 2. The molecule has 0 radical (unpaired) electrons. The molecule has 0 aliphatic carbocycles. The van der Waals surface area contributed by atoms with Gasteiger partial charge in [-0.2, -0.15) is 0 Å². The van der Waals surface area contributed by atoms with Gasteiger partial charge in [0.05, 0.1) is 17.8 Å². The molecular weight excluding hydrogens is 276 g/mol. The number of nitrogens with one attached hydrogen (secondary N) is 2. The molecule has 0 saturated carbocycles. The van der Waals surface area contributed by atoms with Gasteiger partial charge >= 0.3 is 5.97 Å². The first-order valence-corrected chi connectivity index (χ1v) is 5.31. The van der Waals surface area contributed by atoms with E-state index in [1.54, 1.807) is 13.1 Å². The van der Waals surface area contributed by atoms with Crippen LogP contribution in [0.15, 0.2) is 22.7 Å². The first-order chi connectivity index (χ1) is 7.54. The van der Waals surface area contributed by atoms with E-state index in [-0.39, 0.29) is 18.0 Å². The number of aromatic carboxylic acids is 1. The number of carbonyl (C=O) groups excluding carboxylic acids is 1. The summed E-state index contributed by atoms with van der Waals surface area (Å²) in [5.41, 5.74) is 0.572. The third-order valence-corrected chi connectivity index (χ3v) is 2.52. The lowest BCUT2D eigenvalue weighted by Crippen LogP contribution is -2.25. The summed E-state index contributed by atoms with van der Waals surface area (Å²) < 4.78 is 0.641. The second-order valence-electron chi connectivity index (χ2n) is 3.08. The van der Waals surface area contributed by atoms with Gasteiger partial charge in [0.25, 0.3) is 0 Å². The molecule has 1 aromatic carbocycles. The molecule has 0 aliphatic heterocycles. The number of hydrogen-bond donors (Lipinski definition) is 3. The van der Waals surface area contributed by atoms with Crippen LogP contribution in [0.2, 0.25) is 0 Å². The van der Waals surface area contributed by atoms with Crippen molar-refractivity contribution in [3.05, 3.63) is 28.2 Å². The predicted molar refractivity (Wildman–Crippen MR) is 63.7 cm³/mol. The largest absolute Gasteiger partial charge is 0.478 e. The van der Waals surface area contributed by atoms with Crippen LogP contribution < -0.4 is 10.6 Å². The Balaban J connectivity index is 2.90. The van der Waals surface area contributed by atoms with E-state index in [4.69, 9.17) is 5.11 Å². The second kappa shape index (κ2) is 5.62. The quantitative estimate of drug-likeness (QED) is 0.780. The topological polar surface area (TPSA) is 78.4 Å². The molecular formula is C10H11BrN2O3. The minimum absolute atomic E-state index is 0.128. The Labute approximate surface area is 101 Å². The third kappa shape index (κ3) is 3.32. The first-order valence-electron chi connectivity index (χ1n) is 4.52. The minimum atomic E-state index is -1.03. The Bertz CT molecular complexity index is 421. The molecule has 0 aromatic heterocycles. The van der Waals surface area contributed by atoms with E-state index < -0.39 is 5.97 Å². The maximum atomic E-state index is 11.3. The SMILES string of the molecule is CNCC(=O)Nc1cc(C(=O)O)ccc1Br. The summed E-state index contributed by atoms with van der Waals surface area (Å²) >= 11 is 3.23. The Morgan fingerprint density at radius 3 is 2.69 bits per heavy atom. The standard InChI is InChI=1S/C10H11BrN2O3/c1-12-5-9(14)13-8-4-6(10(15)16)2-3-7(8)11/h2-4,12H,5H2,1H3,(H,13,14)(H,15,16). The number of benzene rings is 1. The Kier molecular flexibility index (Phi) is 4.45. The minimum Gasteiger partial charge on any atom is -0.478 e. The number of likely N-dealkylation sites (N-methyl/N-ethyl adjacent to an activating group) is 1. The lowest BCUT2D eigenvalue weighted by Gasteiger charge is -2.07. The molecule has 0 bridgehead atoms. The van der Waals surface area contributed by atoms with E-state index >= 15 is 0 Å². The van der Waals surface area contributed by atoms with E-state index in [0.29, 0.717) is 10.2 Å². The fourth-order valence-electron chi connectivity index (χ4n) is 1.11. The van der Waals surface area contributed by atoms with E-state index in [1.165, 1.54) is 12.1 Å². The lowest BCUT2D eigenvalue weighted by atomic mass is 10.2. The van der Waals surface area contributed by atoms with E-state index in [9.17, 15) is 9.59 Å². The smallest absolute Gasteiger partial charge is 0.335 e. The molecule has 5 nitrogen and oxygen atoms in total. The van der Waals surface area contributed by atoms with Crippen LogP contribution in [0.1, 0.15) is 10.4 Å². The molecule has 1 amide bonds. The zero-order valence-electron chi connectivity index (χ0n) is 8.58. The normalized spacial score (nSPS) is 9.88. The molecule has 0 heterocycles. The molecule has 0 spiro atoms. The van der Waals surface area contributed by atoms with Crippen molar-refractivity contribution < 1.29 is 14.7 Å². The molecule has 16 heavy (non-hydrogen) atoms. The van der Waals surface area contributed by atoms with Gasteiger partial charge < -0.3 is 15.7 Å². The summed E-state index contributed by atoms with van der Waals surface area (Å²) in [7, 11) is 1.66. The summed E-state index contributed by atoms with van der Waals surface area (Å²) in [6, 6.07) is 4.44. The summed E-state index contributed by atoms with van der Waals surface area (Å²) in [5, 5.41) is 14.1. The summed E-state index contributed by atoms with van der Waals surface area (Å²) in [4.78, 5) is 22.0. The van der Waals surface area contributed by atoms with Gasteiger partial charge in [-0.25, -0.2) is 4.79 Å². The van der Waals surface area contributed by atoms with Crippen molar-refractivity contribution in [3.8, 4) is 0 Å². The van der Waals surface area contributed by atoms with Gasteiger partial charge in [0.1, 0.15) is 0 Å². The molecule has 3 N–H and O–H groups in total. The third-order valence-electron chi connectivity index (χ3n) is 1.82. The van der Waals surface area contributed by atoms with Crippen LogP contribution in [0.25, 0.3) is 0 Å². The van der Waals surface area contributed by atoms with Crippen LogP contribution in [0.4, 0.5) is 5.69 Å². The monoisotopic (exact) mass is 286 g/mol. The highest BCUT2D eigenvalue weighted by molar-refractivity contribution is 9.10. The van der Waals surface area contributed by atoms with Crippen LogP contribution in [0, 0.1) is 0 Å². The fraction of sp³-hybridized carbons (Fsp3) is 0.200. The van der Waals surface area contributed by atoms with Crippen LogP contribution in [0.3, 0.4) is 0 Å². The van der Waals surface area contributed by atoms with Crippen molar-refractivity contribution in [2.75, 3.05) is 18.9 Å². The number of rotatable bonds is 4. The Hall–Kier alpha value is -1.40. The van der Waals surface area contributed by atoms with Crippen molar-refractivity contribution in [2.45, 2.75) is 0 Å². The van der Waals surface area contributed by atoms with Gasteiger partial charge in [-0.05, 0) is 41.2 Å². The average molecular weight is 287 g/mol. The van der Waals surface area contributed by atoms with Gasteiger partial charge in [-0.15, -0.1) is 0 Å². The average Bonchev–Trinajstić information content (AvgIpc) is 2.21. The van der Waals surface area contributed by atoms with Gasteiger partial charge in [-0.1, -0.05) is 0 Å². The van der Waals surface area contributed by atoms with Crippen molar-refractivity contribution in [2.24, 2.45) is 0 Å². The zero-order valence-corrected chi connectivity index (χ0v) is 10.2. The highest BCUT2D eigenvalue weighted by Crippen LogP contribution is 2.23. The van der Waals surface area contributed by atoms with Crippen molar-refractivity contribution in [3.63, 3.8) is 0 Å². The molecule has 1 rings (SSSR count). The molecule has 0 fully saturated rings. The van der Waals surface area contributed by atoms with Crippen LogP contribution >= 0.6 is 15.9 Å². The van der Waals surface area contributed by atoms with Gasteiger partial charge in [0.2, 0.25) is 5.91 Å². The summed E-state index contributed by atoms with van der Waals surface area (Å²) in [6.45, 7) is 0.170. The number of carboxylic acid groups (broad SMARTS) is 1. The van der Waals surface area contributed by atoms with Gasteiger partial charge in [0, 0.05) is 4.47 Å². The summed E-state index contributed by atoms with van der Waals surface area (Å²) in [5.74, 6) is -1.26. The lowest BCUT2D eigenvalue weighted by molar-refractivity contribution is -0.115. The van der Waals surface area contributed by atoms with Crippen LogP contribution in [0.5, 0.6) is 0 Å². The maximum absolute atomic E-state index is 11.3. The summed E-state index contributed by atoms with van der Waals surface area (Å²) in [6.07, 6.45) is 0. The molecule has 0 saturated heterocycles. The second-order valence-corrected chi connectivity index (χ2v) is 3.93. The Morgan fingerprint density at radius 2 is 2.12 bits per heavy atom.